The van der Waals surface area contributed by atoms with Crippen LogP contribution in [0, 0.1) is 11.3 Å². The number of urea groups is 1. The van der Waals surface area contributed by atoms with Crippen molar-refractivity contribution in [3.63, 3.8) is 0 Å². The first-order chi connectivity index (χ1) is 13.2. The van der Waals surface area contributed by atoms with Gasteiger partial charge in [-0.25, -0.2) is 9.48 Å². The van der Waals surface area contributed by atoms with Gasteiger partial charge in [0.2, 0.25) is 0 Å². The summed E-state index contributed by atoms with van der Waals surface area (Å²) >= 11 is 0. The summed E-state index contributed by atoms with van der Waals surface area (Å²) in [6.45, 7) is 2.92. The van der Waals surface area contributed by atoms with Gasteiger partial charge in [0.05, 0.1) is 17.5 Å². The summed E-state index contributed by atoms with van der Waals surface area (Å²) in [4.78, 5) is 16.5. The molecule has 8 nitrogen and oxygen atoms in total. The van der Waals surface area contributed by atoms with Gasteiger partial charge >= 0.3 is 6.03 Å². The molecule has 27 heavy (non-hydrogen) atoms. The van der Waals surface area contributed by atoms with Gasteiger partial charge < -0.3 is 9.80 Å². The lowest BCUT2D eigenvalue weighted by atomic mass is 9.89. The summed E-state index contributed by atoms with van der Waals surface area (Å²) in [6.07, 6.45) is 4.43. The molecule has 0 bridgehead atoms. The first kappa shape index (κ1) is 16.2. The second kappa shape index (κ2) is 6.05. The summed E-state index contributed by atoms with van der Waals surface area (Å²) in [7, 11) is 0. The van der Waals surface area contributed by atoms with Gasteiger partial charge in [0.1, 0.15) is 6.33 Å². The summed E-state index contributed by atoms with van der Waals surface area (Å²) in [5.41, 5.74) is 2.16. The van der Waals surface area contributed by atoms with E-state index in [0.29, 0.717) is 12.5 Å². The van der Waals surface area contributed by atoms with Crippen molar-refractivity contribution in [3.05, 3.63) is 41.7 Å². The van der Waals surface area contributed by atoms with Crippen LogP contribution in [0.1, 0.15) is 42.3 Å². The van der Waals surface area contributed by atoms with Crippen molar-refractivity contribution in [2.45, 2.75) is 36.6 Å². The Bertz CT molecular complexity index is 876. The highest BCUT2D eigenvalue weighted by Gasteiger charge is 2.45. The van der Waals surface area contributed by atoms with E-state index in [0.717, 1.165) is 44.5 Å². The molecule has 8 heteroatoms. The number of carbonyl (C=O) groups is 1. The van der Waals surface area contributed by atoms with E-state index in [-0.39, 0.29) is 17.5 Å². The Morgan fingerprint density at radius 1 is 1.15 bits per heavy atom. The number of hydrogen-bond donors (Lipinski definition) is 0. The first-order valence-electron chi connectivity index (χ1n) is 9.46. The molecule has 5 rings (SSSR count). The SMILES string of the molecule is N#CC1(c2ccc(C3CN(C(=O)N4CC[C@@H](n5cnnn5)C4)C3)cc2)CC1. The molecule has 3 fully saturated rings. The second-order valence-electron chi connectivity index (χ2n) is 7.88. The Hall–Kier alpha value is -2.95. The molecule has 2 amide bonds. The minimum atomic E-state index is -0.230. The number of rotatable bonds is 3. The Kier molecular flexibility index (Phi) is 3.64. The quantitative estimate of drug-likeness (QED) is 0.828. The monoisotopic (exact) mass is 363 g/mol. The van der Waals surface area contributed by atoms with Crippen LogP contribution in [0.4, 0.5) is 4.79 Å². The molecule has 2 aliphatic heterocycles. The fourth-order valence-corrected chi connectivity index (χ4v) is 4.18. The van der Waals surface area contributed by atoms with E-state index < -0.39 is 0 Å². The Labute approximate surface area is 157 Å². The Morgan fingerprint density at radius 3 is 2.56 bits per heavy atom. The maximum atomic E-state index is 12.7. The fraction of sp³-hybridized carbons (Fsp3) is 0.526. The lowest BCUT2D eigenvalue weighted by Gasteiger charge is -2.41. The molecule has 0 radical (unpaired) electrons. The van der Waals surface area contributed by atoms with E-state index in [1.165, 1.54) is 5.56 Å². The van der Waals surface area contributed by atoms with Gasteiger partial charge in [0.25, 0.3) is 0 Å². The standard InChI is InChI=1S/C19H21N7O/c20-12-19(6-7-19)16-3-1-14(2-4-16)15-9-25(10-15)18(27)24-8-5-17(11-24)26-13-21-22-23-26/h1-4,13,15,17H,5-11H2/t17-/m1/s1. The summed E-state index contributed by atoms with van der Waals surface area (Å²) < 4.78 is 1.74. The summed E-state index contributed by atoms with van der Waals surface area (Å²) in [5.74, 6) is 0.387. The number of carbonyl (C=O) groups excluding carboxylic acids is 1. The smallest absolute Gasteiger partial charge is 0.320 e. The molecule has 0 spiro atoms. The number of likely N-dealkylation sites (tertiary alicyclic amines) is 2. The molecular formula is C19H21N7O. The van der Waals surface area contributed by atoms with Gasteiger partial charge in [-0.15, -0.1) is 5.10 Å². The van der Waals surface area contributed by atoms with E-state index in [1.807, 2.05) is 9.80 Å². The van der Waals surface area contributed by atoms with Crippen LogP contribution < -0.4 is 0 Å². The van der Waals surface area contributed by atoms with Gasteiger partial charge in [-0.05, 0) is 40.8 Å². The molecule has 3 heterocycles. The lowest BCUT2D eigenvalue weighted by Crippen LogP contribution is -2.53. The van der Waals surface area contributed by atoms with Crippen LogP contribution in [0.15, 0.2) is 30.6 Å². The van der Waals surface area contributed by atoms with Crippen LogP contribution in [0.3, 0.4) is 0 Å². The largest absolute Gasteiger partial charge is 0.323 e. The zero-order valence-corrected chi connectivity index (χ0v) is 15.0. The number of nitrogens with zero attached hydrogens (tertiary/aromatic N) is 7. The lowest BCUT2D eigenvalue weighted by molar-refractivity contribution is 0.120. The van der Waals surface area contributed by atoms with E-state index in [2.05, 4.69) is 45.9 Å². The van der Waals surface area contributed by atoms with Gasteiger partial charge in [-0.1, -0.05) is 24.3 Å². The molecule has 138 valence electrons. The Morgan fingerprint density at radius 2 is 1.93 bits per heavy atom. The summed E-state index contributed by atoms with van der Waals surface area (Å²) in [6, 6.07) is 11.2. The topological polar surface area (TPSA) is 90.9 Å². The average Bonchev–Trinajstić information content (AvgIpc) is 3.07. The molecule has 1 atom stereocenters. The first-order valence-corrected chi connectivity index (χ1v) is 9.46. The third kappa shape index (κ3) is 2.74. The zero-order valence-electron chi connectivity index (χ0n) is 15.0. The highest BCUT2D eigenvalue weighted by atomic mass is 16.2. The van der Waals surface area contributed by atoms with E-state index >= 15 is 0 Å². The van der Waals surface area contributed by atoms with Gasteiger partial charge in [-0.3, -0.25) is 0 Å². The van der Waals surface area contributed by atoms with Crippen molar-refractivity contribution < 1.29 is 4.79 Å². The van der Waals surface area contributed by atoms with Crippen LogP contribution in [0.2, 0.25) is 0 Å². The predicted octanol–water partition coefficient (Wildman–Crippen LogP) is 1.69. The van der Waals surface area contributed by atoms with Crippen LogP contribution in [-0.2, 0) is 5.41 Å². The van der Waals surface area contributed by atoms with E-state index in [4.69, 9.17) is 0 Å². The number of nitriles is 1. The van der Waals surface area contributed by atoms with Crippen LogP contribution >= 0.6 is 0 Å². The van der Waals surface area contributed by atoms with Gasteiger partial charge in [0.15, 0.2) is 0 Å². The second-order valence-corrected chi connectivity index (χ2v) is 7.88. The van der Waals surface area contributed by atoms with Crippen LogP contribution in [0.5, 0.6) is 0 Å². The minimum absolute atomic E-state index is 0.111. The molecule has 0 unspecified atom stereocenters. The number of aromatic nitrogens is 4. The molecule has 0 N–H and O–H groups in total. The maximum absolute atomic E-state index is 12.7. The average molecular weight is 363 g/mol. The molecule has 1 saturated carbocycles. The predicted molar refractivity (Wildman–Crippen MR) is 95.7 cm³/mol. The van der Waals surface area contributed by atoms with Crippen LogP contribution in [-0.4, -0.2) is 62.2 Å². The van der Waals surface area contributed by atoms with Crippen molar-refractivity contribution >= 4 is 6.03 Å². The minimum Gasteiger partial charge on any atom is -0.323 e. The molecule has 1 aromatic carbocycles. The zero-order chi connectivity index (χ0) is 18.4. The highest BCUT2D eigenvalue weighted by Crippen LogP contribution is 2.47. The molecule has 2 saturated heterocycles. The normalized spacial score (nSPS) is 23.7. The van der Waals surface area contributed by atoms with E-state index in [9.17, 15) is 10.1 Å². The molecule has 3 aliphatic rings. The number of tetrazole rings is 1. The highest BCUT2D eigenvalue weighted by molar-refractivity contribution is 5.76. The fourth-order valence-electron chi connectivity index (χ4n) is 4.18. The number of hydrogen-bond acceptors (Lipinski definition) is 5. The molecule has 2 aromatic rings. The van der Waals surface area contributed by atoms with Crippen molar-refractivity contribution in [2.24, 2.45) is 0 Å². The number of benzene rings is 1. The third-order valence-electron chi connectivity index (χ3n) is 6.22. The van der Waals surface area contributed by atoms with Gasteiger partial charge in [0, 0.05) is 32.1 Å². The molecule has 1 aliphatic carbocycles. The Balaban J connectivity index is 1.16. The third-order valence-corrected chi connectivity index (χ3v) is 6.22. The molecule has 1 aromatic heterocycles. The number of amides is 2. The summed E-state index contributed by atoms with van der Waals surface area (Å²) in [5, 5.41) is 20.6. The van der Waals surface area contributed by atoms with Crippen molar-refractivity contribution in [2.75, 3.05) is 26.2 Å². The van der Waals surface area contributed by atoms with Crippen molar-refractivity contribution in [1.29, 1.82) is 5.26 Å². The van der Waals surface area contributed by atoms with E-state index in [1.54, 1.807) is 11.0 Å². The van der Waals surface area contributed by atoms with Crippen LogP contribution in [0.25, 0.3) is 0 Å². The maximum Gasteiger partial charge on any atom is 0.320 e. The van der Waals surface area contributed by atoms with Crippen molar-refractivity contribution in [3.8, 4) is 6.07 Å². The molecular weight excluding hydrogens is 342 g/mol. The van der Waals surface area contributed by atoms with Gasteiger partial charge in [-0.2, -0.15) is 5.26 Å². The van der Waals surface area contributed by atoms with Crippen molar-refractivity contribution in [1.82, 2.24) is 30.0 Å².